The summed E-state index contributed by atoms with van der Waals surface area (Å²) in [7, 11) is 1.43. The molecule has 0 spiro atoms. The molecule has 0 aromatic carbocycles. The van der Waals surface area contributed by atoms with Gasteiger partial charge in [0.1, 0.15) is 6.79 Å². The molecule has 0 fully saturated rings. The Morgan fingerprint density at radius 1 is 1.38 bits per heavy atom. The first-order valence-electron chi connectivity index (χ1n) is 2.04. The van der Waals surface area contributed by atoms with E-state index in [4.69, 9.17) is 10.2 Å². The Morgan fingerprint density at radius 2 is 1.50 bits per heavy atom. The van der Waals surface area contributed by atoms with Gasteiger partial charge >= 0.3 is 0 Å². The zero-order chi connectivity index (χ0) is 6.12. The van der Waals surface area contributed by atoms with Crippen LogP contribution >= 0.6 is 0 Å². The number of ether oxygens (including phenoxy) is 1. The van der Waals surface area contributed by atoms with E-state index in [9.17, 15) is 0 Å². The van der Waals surface area contributed by atoms with Crippen molar-refractivity contribution in [2.45, 2.75) is 6.92 Å². The molecule has 8 heavy (non-hydrogen) atoms. The monoisotopic (exact) mass is 197 g/mol. The van der Waals surface area contributed by atoms with Gasteiger partial charge in [-0.1, -0.05) is 0 Å². The zero-order valence-electron chi connectivity index (χ0n) is 5.29. The summed E-state index contributed by atoms with van der Waals surface area (Å²) in [5, 5.41) is 15.2. The fourth-order valence-electron chi connectivity index (χ4n) is 0. The molecule has 0 amide bonds. The van der Waals surface area contributed by atoms with Crippen LogP contribution in [0.15, 0.2) is 0 Å². The van der Waals surface area contributed by atoms with Gasteiger partial charge in [0, 0.05) is 46.4 Å². The predicted molar refractivity (Wildman–Crippen MR) is 26.9 cm³/mol. The minimum atomic E-state index is -0.181. The zero-order valence-corrected chi connectivity index (χ0v) is 8.13. The molecule has 3 nitrogen and oxygen atoms in total. The van der Waals surface area contributed by atoms with E-state index in [-0.39, 0.29) is 46.1 Å². The van der Waals surface area contributed by atoms with Crippen LogP contribution in [0.1, 0.15) is 6.92 Å². The third-order valence-corrected chi connectivity index (χ3v) is 0.129. The first-order valence-corrected chi connectivity index (χ1v) is 2.04. The molecule has 0 aliphatic rings. The molecule has 0 rings (SSSR count). The van der Waals surface area contributed by atoms with Crippen molar-refractivity contribution in [1.29, 1.82) is 0 Å². The molecule has 0 bridgehead atoms. The summed E-state index contributed by atoms with van der Waals surface area (Å²) >= 11 is 0. The smallest absolute Gasteiger partial charge is 0.143 e. The maximum Gasteiger partial charge on any atom is 0.143 e. The molecule has 0 aliphatic carbocycles. The Kier molecular flexibility index (Phi) is 49.0. The molecular weight excluding hydrogens is 185 g/mol. The first-order chi connectivity index (χ1) is 3.33. The van der Waals surface area contributed by atoms with E-state index < -0.39 is 0 Å². The number of hydrogen-bond donors (Lipinski definition) is 2. The molecule has 0 heterocycles. The van der Waals surface area contributed by atoms with Gasteiger partial charge in [-0.15, -0.1) is 0 Å². The quantitative estimate of drug-likeness (QED) is 0.561. The van der Waals surface area contributed by atoms with Crippen LogP contribution in [-0.2, 0) is 37.4 Å². The van der Waals surface area contributed by atoms with E-state index in [2.05, 4.69) is 4.74 Å². The third-order valence-electron chi connectivity index (χ3n) is 0.129. The first kappa shape index (κ1) is 16.0. The molecule has 1 radical (unpaired) electrons. The van der Waals surface area contributed by atoms with E-state index in [1.807, 2.05) is 0 Å². The van der Waals surface area contributed by atoms with Gasteiger partial charge in [-0.3, -0.25) is 0 Å². The summed E-state index contributed by atoms with van der Waals surface area (Å²) in [6.07, 6.45) is 0. The normalized spacial score (nSPS) is 6.00. The van der Waals surface area contributed by atoms with Crippen molar-refractivity contribution >= 4 is 0 Å². The van der Waals surface area contributed by atoms with Crippen LogP contribution in [0.4, 0.5) is 0 Å². The van der Waals surface area contributed by atoms with Gasteiger partial charge in [-0.05, 0) is 6.92 Å². The standard InChI is InChI=1S/C2H6O2.C2H6O.Y/c1-4-2-3;1-2-3;/h3H,2H2,1H3;3H,2H2,1H3;. The minimum absolute atomic E-state index is 0. The summed E-state index contributed by atoms with van der Waals surface area (Å²) in [6.45, 7) is 1.75. The largest absolute Gasteiger partial charge is 0.397 e. The maximum absolute atomic E-state index is 7.65. The fourth-order valence-corrected chi connectivity index (χ4v) is 0. The van der Waals surface area contributed by atoms with Crippen molar-refractivity contribution in [2.24, 2.45) is 0 Å². The van der Waals surface area contributed by atoms with E-state index in [1.54, 1.807) is 6.92 Å². The fraction of sp³-hybridized carbons (Fsp3) is 1.00. The molecule has 0 saturated carbocycles. The van der Waals surface area contributed by atoms with Gasteiger partial charge in [-0.25, -0.2) is 0 Å². The van der Waals surface area contributed by atoms with Crippen molar-refractivity contribution in [2.75, 3.05) is 20.5 Å². The van der Waals surface area contributed by atoms with Crippen LogP contribution in [0.3, 0.4) is 0 Å². The Bertz CT molecular complexity index is 18.8. The Hall–Kier alpha value is 0.984. The Balaban J connectivity index is -0.0000000575. The topological polar surface area (TPSA) is 49.7 Å². The van der Waals surface area contributed by atoms with E-state index in [0.29, 0.717) is 0 Å². The number of hydrogen-bond acceptors (Lipinski definition) is 3. The average Bonchev–Trinajstić information content (AvgIpc) is 1.69. The summed E-state index contributed by atoms with van der Waals surface area (Å²) in [5.74, 6) is 0. The van der Waals surface area contributed by atoms with Gasteiger partial charge in [0.15, 0.2) is 0 Å². The van der Waals surface area contributed by atoms with Crippen LogP contribution in [-0.4, -0.2) is 30.7 Å². The van der Waals surface area contributed by atoms with Gasteiger partial charge in [0.05, 0.1) is 0 Å². The van der Waals surface area contributed by atoms with Gasteiger partial charge in [0.25, 0.3) is 0 Å². The number of rotatable bonds is 1. The van der Waals surface area contributed by atoms with Crippen molar-refractivity contribution in [3.63, 3.8) is 0 Å². The Labute approximate surface area is 74.9 Å². The van der Waals surface area contributed by atoms with Crippen molar-refractivity contribution < 1.29 is 47.7 Å². The molecule has 0 aliphatic heterocycles. The van der Waals surface area contributed by atoms with Crippen LogP contribution in [0, 0.1) is 0 Å². The van der Waals surface area contributed by atoms with Gasteiger partial charge in [0.2, 0.25) is 0 Å². The molecule has 0 aromatic rings. The van der Waals surface area contributed by atoms with Crippen molar-refractivity contribution in [1.82, 2.24) is 0 Å². The van der Waals surface area contributed by atoms with Crippen LogP contribution in [0.2, 0.25) is 0 Å². The van der Waals surface area contributed by atoms with Gasteiger partial charge < -0.3 is 14.9 Å². The second-order valence-corrected chi connectivity index (χ2v) is 0.734. The number of aliphatic hydroxyl groups excluding tert-OH is 2. The van der Waals surface area contributed by atoms with Gasteiger partial charge in [-0.2, -0.15) is 0 Å². The average molecular weight is 197 g/mol. The third kappa shape index (κ3) is 63.5. The summed E-state index contributed by atoms with van der Waals surface area (Å²) in [4.78, 5) is 0. The van der Waals surface area contributed by atoms with Crippen molar-refractivity contribution in [3.05, 3.63) is 0 Å². The summed E-state index contributed by atoms with van der Waals surface area (Å²) < 4.78 is 4.10. The SMILES string of the molecule is CCO.COCO.[Y]. The van der Waals surface area contributed by atoms with Crippen LogP contribution in [0.25, 0.3) is 0 Å². The van der Waals surface area contributed by atoms with Crippen LogP contribution < -0.4 is 0 Å². The molecule has 0 atom stereocenters. The molecule has 0 unspecified atom stereocenters. The molecule has 0 saturated heterocycles. The molecule has 2 N–H and O–H groups in total. The summed E-state index contributed by atoms with van der Waals surface area (Å²) in [5.41, 5.74) is 0. The molecule has 0 aromatic heterocycles. The van der Waals surface area contributed by atoms with Crippen LogP contribution in [0.5, 0.6) is 0 Å². The Morgan fingerprint density at radius 3 is 1.50 bits per heavy atom. The molecule has 4 heteroatoms. The molecule has 49 valence electrons. The second-order valence-electron chi connectivity index (χ2n) is 0.734. The minimum Gasteiger partial charge on any atom is -0.397 e. The predicted octanol–water partition coefficient (Wildman–Crippen LogP) is -0.421. The summed E-state index contributed by atoms with van der Waals surface area (Å²) in [6, 6.07) is 0. The molecular formula is C4H12O3Y. The number of methoxy groups -OCH3 is 1. The van der Waals surface area contributed by atoms with E-state index in [0.717, 1.165) is 0 Å². The van der Waals surface area contributed by atoms with E-state index >= 15 is 0 Å². The van der Waals surface area contributed by atoms with E-state index in [1.165, 1.54) is 7.11 Å². The maximum atomic E-state index is 7.65. The number of aliphatic hydroxyl groups is 2. The van der Waals surface area contributed by atoms with Crippen molar-refractivity contribution in [3.8, 4) is 0 Å². The second kappa shape index (κ2) is 24.5.